The Morgan fingerprint density at radius 2 is 1.65 bits per heavy atom. The van der Waals surface area contributed by atoms with Gasteiger partial charge in [-0.25, -0.2) is 4.79 Å². The van der Waals surface area contributed by atoms with Gasteiger partial charge in [-0.3, -0.25) is 4.90 Å². The number of nitrogens with zero attached hydrogens (tertiary/aromatic N) is 5. The van der Waals surface area contributed by atoms with Gasteiger partial charge >= 0.3 is 18.4 Å². The summed E-state index contributed by atoms with van der Waals surface area (Å²) in [5.41, 5.74) is 1.54. The second-order valence-corrected chi connectivity index (χ2v) is 10.7. The lowest BCUT2D eigenvalue weighted by Gasteiger charge is -2.35. The van der Waals surface area contributed by atoms with Gasteiger partial charge in [-0.15, -0.1) is 0 Å². The number of allylic oxidation sites excluding steroid dienone is 4. The molecule has 2 aromatic rings. The zero-order valence-electron chi connectivity index (χ0n) is 22.1. The van der Waals surface area contributed by atoms with Gasteiger partial charge in [-0.2, -0.15) is 36.1 Å². The standard InChI is InChI=1S/C28H31F6N5O/c1-19-14-22(27(29,30)31)6-7-24(19)21-16-35-39(18-21)26(40)38-12-10-36(11-13-38)17-20-4-5-23(28(32,33)34)15-25(20)37-8-2-3-9-37/h4-7,15-16,18-19H,2-3,8-14,17H2,1H3. The molecule has 1 unspecified atom stereocenters. The van der Waals surface area contributed by atoms with Crippen LogP contribution in [0.15, 0.2) is 48.3 Å². The lowest BCUT2D eigenvalue weighted by atomic mass is 9.85. The molecule has 3 aliphatic rings. The third-order valence-corrected chi connectivity index (χ3v) is 7.89. The van der Waals surface area contributed by atoms with E-state index >= 15 is 0 Å². The van der Waals surface area contributed by atoms with Crippen LogP contribution in [0.4, 0.5) is 36.8 Å². The van der Waals surface area contributed by atoms with E-state index in [4.69, 9.17) is 0 Å². The van der Waals surface area contributed by atoms with E-state index in [0.29, 0.717) is 49.5 Å². The molecule has 6 nitrogen and oxygen atoms in total. The molecular formula is C28H31F6N5O. The molecule has 40 heavy (non-hydrogen) atoms. The Bertz CT molecular complexity index is 1300. The van der Waals surface area contributed by atoms with Gasteiger partial charge in [0.2, 0.25) is 0 Å². The van der Waals surface area contributed by atoms with E-state index in [1.807, 2.05) is 4.90 Å². The summed E-state index contributed by atoms with van der Waals surface area (Å²) in [6.07, 6.45) is -1.42. The number of aromatic nitrogens is 2. The van der Waals surface area contributed by atoms with Gasteiger partial charge in [-0.1, -0.05) is 25.1 Å². The average molecular weight is 568 g/mol. The Hall–Kier alpha value is -3.28. The molecule has 1 amide bonds. The molecule has 1 aromatic carbocycles. The van der Waals surface area contributed by atoms with Crippen molar-refractivity contribution in [3.05, 3.63) is 65.0 Å². The van der Waals surface area contributed by atoms with Gasteiger partial charge < -0.3 is 9.80 Å². The number of benzene rings is 1. The Kier molecular flexibility index (Phi) is 7.73. The summed E-state index contributed by atoms with van der Waals surface area (Å²) in [5, 5.41) is 4.17. The molecule has 0 bridgehead atoms. The number of piperazine rings is 1. The van der Waals surface area contributed by atoms with Crippen molar-refractivity contribution in [1.82, 2.24) is 19.6 Å². The number of alkyl halides is 6. The smallest absolute Gasteiger partial charge is 0.371 e. The third kappa shape index (κ3) is 6.06. The van der Waals surface area contributed by atoms with Gasteiger partial charge in [0.1, 0.15) is 0 Å². The van der Waals surface area contributed by atoms with Crippen molar-refractivity contribution < 1.29 is 31.1 Å². The van der Waals surface area contributed by atoms with Crippen molar-refractivity contribution >= 4 is 17.3 Å². The number of amides is 1. The van der Waals surface area contributed by atoms with Crippen LogP contribution < -0.4 is 4.90 Å². The highest BCUT2D eigenvalue weighted by molar-refractivity contribution is 5.78. The lowest BCUT2D eigenvalue weighted by Crippen LogP contribution is -2.49. The normalized spacial score (nSPS) is 21.0. The van der Waals surface area contributed by atoms with Crippen molar-refractivity contribution in [1.29, 1.82) is 0 Å². The topological polar surface area (TPSA) is 44.6 Å². The highest BCUT2D eigenvalue weighted by Crippen LogP contribution is 2.39. The molecule has 2 saturated heterocycles. The van der Waals surface area contributed by atoms with E-state index in [2.05, 4.69) is 10.00 Å². The Morgan fingerprint density at radius 1 is 0.950 bits per heavy atom. The summed E-state index contributed by atoms with van der Waals surface area (Å²) < 4.78 is 80.5. The van der Waals surface area contributed by atoms with Crippen LogP contribution in [0.3, 0.4) is 0 Å². The van der Waals surface area contributed by atoms with Crippen LogP contribution >= 0.6 is 0 Å². The number of hydrogen-bond acceptors (Lipinski definition) is 4. The van der Waals surface area contributed by atoms with E-state index in [-0.39, 0.29) is 18.4 Å². The molecule has 12 heteroatoms. The number of rotatable bonds is 4. The fourth-order valence-corrected chi connectivity index (χ4v) is 5.64. The molecule has 1 atom stereocenters. The van der Waals surface area contributed by atoms with E-state index in [9.17, 15) is 31.1 Å². The van der Waals surface area contributed by atoms with Crippen LogP contribution in [0.1, 0.15) is 42.9 Å². The monoisotopic (exact) mass is 567 g/mol. The van der Waals surface area contributed by atoms with Crippen molar-refractivity contribution in [2.45, 2.75) is 45.1 Å². The maximum absolute atomic E-state index is 13.4. The van der Waals surface area contributed by atoms with Crippen molar-refractivity contribution in [3.63, 3.8) is 0 Å². The first-order valence-corrected chi connectivity index (χ1v) is 13.4. The van der Waals surface area contributed by atoms with Crippen LogP contribution in [0.5, 0.6) is 0 Å². The van der Waals surface area contributed by atoms with Crippen LogP contribution in [-0.2, 0) is 12.7 Å². The summed E-state index contributed by atoms with van der Waals surface area (Å²) >= 11 is 0. The minimum Gasteiger partial charge on any atom is -0.371 e. The van der Waals surface area contributed by atoms with E-state index < -0.39 is 23.5 Å². The second kappa shape index (κ2) is 10.9. The van der Waals surface area contributed by atoms with Crippen LogP contribution in [0.2, 0.25) is 0 Å². The maximum atomic E-state index is 13.4. The maximum Gasteiger partial charge on any atom is 0.416 e. The summed E-state index contributed by atoms with van der Waals surface area (Å²) in [5.74, 6) is -0.367. The van der Waals surface area contributed by atoms with Gasteiger partial charge in [0.25, 0.3) is 0 Å². The van der Waals surface area contributed by atoms with E-state index in [1.54, 1.807) is 24.1 Å². The molecule has 2 fully saturated rings. The summed E-state index contributed by atoms with van der Waals surface area (Å²) in [6.45, 7) is 5.61. The predicted octanol–water partition coefficient (Wildman–Crippen LogP) is 6.20. The van der Waals surface area contributed by atoms with Gasteiger partial charge in [0, 0.05) is 68.8 Å². The van der Waals surface area contributed by atoms with Crippen LogP contribution in [0.25, 0.3) is 5.57 Å². The van der Waals surface area contributed by atoms with Crippen molar-refractivity contribution in [2.75, 3.05) is 44.2 Å². The minimum atomic E-state index is -4.40. The Morgan fingerprint density at radius 3 is 2.27 bits per heavy atom. The first kappa shape index (κ1) is 28.3. The van der Waals surface area contributed by atoms with Crippen molar-refractivity contribution in [2.24, 2.45) is 5.92 Å². The van der Waals surface area contributed by atoms with E-state index in [0.717, 1.165) is 43.6 Å². The first-order valence-electron chi connectivity index (χ1n) is 13.4. The number of halogens is 6. The molecular weight excluding hydrogens is 536 g/mol. The fraction of sp³-hybridized carbons (Fsp3) is 0.500. The zero-order chi connectivity index (χ0) is 28.7. The molecule has 0 radical (unpaired) electrons. The highest BCUT2D eigenvalue weighted by atomic mass is 19.4. The summed E-state index contributed by atoms with van der Waals surface area (Å²) in [6, 6.07) is 3.62. The van der Waals surface area contributed by atoms with Crippen LogP contribution in [-0.4, -0.2) is 71.1 Å². The molecule has 216 valence electrons. The zero-order valence-corrected chi connectivity index (χ0v) is 22.1. The summed E-state index contributed by atoms with van der Waals surface area (Å²) in [7, 11) is 0. The second-order valence-electron chi connectivity index (χ2n) is 10.7. The van der Waals surface area contributed by atoms with Crippen molar-refractivity contribution in [3.8, 4) is 0 Å². The Labute approximate surface area is 228 Å². The van der Waals surface area contributed by atoms with Gasteiger partial charge in [-0.05, 0) is 48.4 Å². The van der Waals surface area contributed by atoms with Gasteiger partial charge in [0.05, 0.1) is 11.8 Å². The molecule has 2 aliphatic heterocycles. The lowest BCUT2D eigenvalue weighted by molar-refractivity contribution is -0.137. The molecule has 1 aliphatic carbocycles. The molecule has 0 saturated carbocycles. The number of carbonyl (C=O) groups excluding carboxylic acids is 1. The highest BCUT2D eigenvalue weighted by Gasteiger charge is 2.36. The fourth-order valence-electron chi connectivity index (χ4n) is 5.64. The predicted molar refractivity (Wildman–Crippen MR) is 139 cm³/mol. The summed E-state index contributed by atoms with van der Waals surface area (Å²) in [4.78, 5) is 18.9. The molecule has 5 rings (SSSR count). The van der Waals surface area contributed by atoms with Gasteiger partial charge in [0.15, 0.2) is 0 Å². The molecule has 3 heterocycles. The quantitative estimate of drug-likeness (QED) is 0.413. The number of anilines is 1. The number of hydrogen-bond donors (Lipinski definition) is 0. The van der Waals surface area contributed by atoms with Crippen LogP contribution in [0, 0.1) is 5.92 Å². The largest absolute Gasteiger partial charge is 0.416 e. The molecule has 1 aromatic heterocycles. The SMILES string of the molecule is CC1CC(C(F)(F)F)=CC=C1c1cnn(C(=O)N2CCN(Cc3ccc(C(F)(F)F)cc3N3CCCC3)CC2)c1. The Balaban J connectivity index is 1.22. The molecule has 0 spiro atoms. The third-order valence-electron chi connectivity index (χ3n) is 7.89. The number of carbonyl (C=O) groups is 1. The molecule has 0 N–H and O–H groups in total. The minimum absolute atomic E-state index is 0.130. The average Bonchev–Trinajstić information content (AvgIpc) is 3.61. The van der Waals surface area contributed by atoms with E-state index in [1.165, 1.54) is 23.0 Å². The first-order chi connectivity index (χ1) is 18.9.